The molecule has 2 aliphatic rings. The number of rotatable bonds is 1. The van der Waals surface area contributed by atoms with Gasteiger partial charge in [-0.1, -0.05) is 12.8 Å². The first-order valence-corrected chi connectivity index (χ1v) is 6.80. The molecular formula is C9H16S2. The molecule has 0 bridgehead atoms. The highest BCUT2D eigenvalue weighted by molar-refractivity contribution is 8.17. The van der Waals surface area contributed by atoms with Gasteiger partial charge in [0.15, 0.2) is 0 Å². The third-order valence-corrected chi connectivity index (χ3v) is 5.93. The highest BCUT2D eigenvalue weighted by Crippen LogP contribution is 2.42. The van der Waals surface area contributed by atoms with Crippen molar-refractivity contribution in [1.29, 1.82) is 0 Å². The Kier molecular flexibility index (Phi) is 3.08. The van der Waals surface area contributed by atoms with Crippen LogP contribution in [0.3, 0.4) is 0 Å². The van der Waals surface area contributed by atoms with E-state index in [4.69, 9.17) is 0 Å². The Hall–Kier alpha value is 0.700. The molecule has 0 aromatic heterocycles. The SMILES string of the molecule is C1CSC(C2CCCC2)SC1. The lowest BCUT2D eigenvalue weighted by atomic mass is 10.1. The largest absolute Gasteiger partial charge is 0.147 e. The van der Waals surface area contributed by atoms with E-state index in [0.717, 1.165) is 10.5 Å². The molecule has 11 heavy (non-hydrogen) atoms. The highest BCUT2D eigenvalue weighted by atomic mass is 32.2. The number of thioether (sulfide) groups is 2. The van der Waals surface area contributed by atoms with E-state index >= 15 is 0 Å². The quantitative estimate of drug-likeness (QED) is 0.619. The van der Waals surface area contributed by atoms with Gasteiger partial charge in [0.1, 0.15) is 0 Å². The van der Waals surface area contributed by atoms with E-state index in [2.05, 4.69) is 23.5 Å². The fourth-order valence-corrected chi connectivity index (χ4v) is 5.33. The van der Waals surface area contributed by atoms with Crippen LogP contribution in [0.4, 0.5) is 0 Å². The molecule has 0 aromatic carbocycles. The Bertz CT molecular complexity index is 113. The molecule has 1 aliphatic heterocycles. The van der Waals surface area contributed by atoms with E-state index in [1.807, 2.05) is 0 Å². The lowest BCUT2D eigenvalue weighted by molar-refractivity contribution is 0.599. The molecule has 1 aliphatic carbocycles. The summed E-state index contributed by atoms with van der Waals surface area (Å²) < 4.78 is 0.978. The Balaban J connectivity index is 1.82. The van der Waals surface area contributed by atoms with Crippen LogP contribution in [0.25, 0.3) is 0 Å². The predicted octanol–water partition coefficient (Wildman–Crippen LogP) is 3.37. The van der Waals surface area contributed by atoms with Gasteiger partial charge in [-0.25, -0.2) is 0 Å². The van der Waals surface area contributed by atoms with Crippen molar-refractivity contribution in [2.24, 2.45) is 5.92 Å². The van der Waals surface area contributed by atoms with Crippen LogP contribution in [0.5, 0.6) is 0 Å². The molecule has 0 atom stereocenters. The van der Waals surface area contributed by atoms with Crippen molar-refractivity contribution in [3.63, 3.8) is 0 Å². The van der Waals surface area contributed by atoms with E-state index in [-0.39, 0.29) is 0 Å². The maximum Gasteiger partial charge on any atom is 0.0530 e. The van der Waals surface area contributed by atoms with Gasteiger partial charge >= 0.3 is 0 Å². The third kappa shape index (κ3) is 2.09. The topological polar surface area (TPSA) is 0 Å². The van der Waals surface area contributed by atoms with Crippen LogP contribution in [0, 0.1) is 5.92 Å². The predicted molar refractivity (Wildman–Crippen MR) is 55.3 cm³/mol. The second-order valence-electron chi connectivity index (χ2n) is 3.51. The maximum atomic E-state index is 2.22. The van der Waals surface area contributed by atoms with Crippen molar-refractivity contribution in [3.8, 4) is 0 Å². The van der Waals surface area contributed by atoms with Crippen molar-refractivity contribution in [2.45, 2.75) is 36.7 Å². The molecule has 2 heteroatoms. The summed E-state index contributed by atoms with van der Waals surface area (Å²) in [7, 11) is 0. The Morgan fingerprint density at radius 3 is 2.09 bits per heavy atom. The van der Waals surface area contributed by atoms with Gasteiger partial charge in [0.05, 0.1) is 4.58 Å². The van der Waals surface area contributed by atoms with Gasteiger partial charge in [-0.05, 0) is 36.7 Å². The Morgan fingerprint density at radius 1 is 0.818 bits per heavy atom. The first-order chi connectivity index (χ1) is 5.47. The van der Waals surface area contributed by atoms with Gasteiger partial charge < -0.3 is 0 Å². The standard InChI is InChI=1S/C9H16S2/c1-2-5-8(4-1)9-10-6-3-7-11-9/h8-9H,1-7H2. The van der Waals surface area contributed by atoms with Crippen LogP contribution in [-0.4, -0.2) is 16.1 Å². The minimum absolute atomic E-state index is 0.978. The second-order valence-corrected chi connectivity index (χ2v) is 6.31. The average Bonchev–Trinajstić information content (AvgIpc) is 2.58. The first-order valence-electron chi connectivity index (χ1n) is 4.70. The van der Waals surface area contributed by atoms with Crippen molar-refractivity contribution in [1.82, 2.24) is 0 Å². The molecule has 0 spiro atoms. The van der Waals surface area contributed by atoms with Gasteiger partial charge in [0, 0.05) is 0 Å². The van der Waals surface area contributed by atoms with Crippen molar-refractivity contribution >= 4 is 23.5 Å². The molecule has 1 saturated heterocycles. The van der Waals surface area contributed by atoms with Gasteiger partial charge in [0.25, 0.3) is 0 Å². The van der Waals surface area contributed by atoms with Crippen LogP contribution in [0.2, 0.25) is 0 Å². The van der Waals surface area contributed by atoms with Crippen molar-refractivity contribution in [2.75, 3.05) is 11.5 Å². The molecule has 0 N–H and O–H groups in total. The average molecular weight is 188 g/mol. The Labute approximate surface area is 77.9 Å². The molecule has 0 radical (unpaired) electrons. The minimum Gasteiger partial charge on any atom is -0.147 e. The summed E-state index contributed by atoms with van der Waals surface area (Å²) in [6.45, 7) is 0. The maximum absolute atomic E-state index is 2.22. The molecule has 0 aromatic rings. The smallest absolute Gasteiger partial charge is 0.0530 e. The van der Waals surface area contributed by atoms with Crippen LogP contribution >= 0.6 is 23.5 Å². The van der Waals surface area contributed by atoms with Gasteiger partial charge in [-0.2, -0.15) is 0 Å². The summed E-state index contributed by atoms with van der Waals surface area (Å²) in [6, 6.07) is 0. The summed E-state index contributed by atoms with van der Waals surface area (Å²) >= 11 is 4.45. The summed E-state index contributed by atoms with van der Waals surface area (Å²) in [4.78, 5) is 0. The van der Waals surface area contributed by atoms with Crippen LogP contribution in [0.15, 0.2) is 0 Å². The molecular weight excluding hydrogens is 172 g/mol. The van der Waals surface area contributed by atoms with Gasteiger partial charge in [-0.15, -0.1) is 23.5 Å². The molecule has 0 unspecified atom stereocenters. The summed E-state index contributed by atoms with van der Waals surface area (Å²) in [5.74, 6) is 3.92. The first kappa shape index (κ1) is 8.31. The molecule has 0 nitrogen and oxygen atoms in total. The van der Waals surface area contributed by atoms with E-state index < -0.39 is 0 Å². The summed E-state index contributed by atoms with van der Waals surface area (Å²) in [5, 5.41) is 0. The fraction of sp³-hybridized carbons (Fsp3) is 1.00. The van der Waals surface area contributed by atoms with Crippen LogP contribution in [0.1, 0.15) is 32.1 Å². The number of hydrogen-bond acceptors (Lipinski definition) is 2. The molecule has 1 saturated carbocycles. The molecule has 2 rings (SSSR count). The summed E-state index contributed by atoms with van der Waals surface area (Å²) in [6.07, 6.45) is 7.48. The summed E-state index contributed by atoms with van der Waals surface area (Å²) in [5.41, 5.74) is 0. The lowest BCUT2D eigenvalue weighted by Crippen LogP contribution is -2.15. The van der Waals surface area contributed by atoms with E-state index in [1.165, 1.54) is 43.6 Å². The number of hydrogen-bond donors (Lipinski definition) is 0. The monoisotopic (exact) mass is 188 g/mol. The highest BCUT2D eigenvalue weighted by Gasteiger charge is 2.26. The zero-order chi connectivity index (χ0) is 7.52. The van der Waals surface area contributed by atoms with E-state index in [1.54, 1.807) is 0 Å². The van der Waals surface area contributed by atoms with E-state index in [0.29, 0.717) is 0 Å². The third-order valence-electron chi connectivity index (χ3n) is 2.64. The lowest BCUT2D eigenvalue weighted by Gasteiger charge is -2.25. The van der Waals surface area contributed by atoms with Crippen molar-refractivity contribution < 1.29 is 0 Å². The fourth-order valence-electron chi connectivity index (χ4n) is 2.01. The molecule has 64 valence electrons. The van der Waals surface area contributed by atoms with E-state index in [9.17, 15) is 0 Å². The molecule has 1 heterocycles. The van der Waals surface area contributed by atoms with Gasteiger partial charge in [0.2, 0.25) is 0 Å². The zero-order valence-corrected chi connectivity index (χ0v) is 8.55. The second kappa shape index (κ2) is 4.08. The molecule has 2 fully saturated rings. The minimum atomic E-state index is 0.978. The van der Waals surface area contributed by atoms with Gasteiger partial charge in [-0.3, -0.25) is 0 Å². The van der Waals surface area contributed by atoms with Crippen LogP contribution < -0.4 is 0 Å². The zero-order valence-electron chi connectivity index (χ0n) is 6.92. The normalized spacial score (nSPS) is 29.5. The van der Waals surface area contributed by atoms with Crippen LogP contribution in [-0.2, 0) is 0 Å². The Morgan fingerprint density at radius 2 is 1.45 bits per heavy atom. The molecule has 0 amide bonds. The van der Waals surface area contributed by atoms with Crippen molar-refractivity contribution in [3.05, 3.63) is 0 Å².